The number of carbonyl (C=O) groups excluding carboxylic acids is 2. The molecule has 8 heteroatoms. The molecule has 2 aromatic rings. The van der Waals surface area contributed by atoms with Gasteiger partial charge in [0.25, 0.3) is 17.4 Å². The molecule has 8 nitrogen and oxygen atoms in total. The van der Waals surface area contributed by atoms with E-state index in [-0.39, 0.29) is 29.7 Å². The number of hydrogen-bond acceptors (Lipinski definition) is 6. The summed E-state index contributed by atoms with van der Waals surface area (Å²) in [4.78, 5) is 37.7. The molecule has 2 aromatic carbocycles. The van der Waals surface area contributed by atoms with E-state index in [2.05, 4.69) is 0 Å². The van der Waals surface area contributed by atoms with Gasteiger partial charge in [-0.25, -0.2) is 0 Å². The molecule has 4 rings (SSSR count). The van der Waals surface area contributed by atoms with Crippen LogP contribution in [0.2, 0.25) is 0 Å². The van der Waals surface area contributed by atoms with Gasteiger partial charge in [-0.1, -0.05) is 30.3 Å². The van der Waals surface area contributed by atoms with Crippen molar-refractivity contribution in [3.8, 4) is 0 Å². The number of Topliss-reactive ketones (excluding diaryl/α,β-unsaturated/α-hetero) is 1. The average molecular weight is 408 g/mol. The van der Waals surface area contributed by atoms with E-state index in [1.165, 1.54) is 29.2 Å². The van der Waals surface area contributed by atoms with Gasteiger partial charge in [0.1, 0.15) is 5.76 Å². The standard InChI is InChI=1S/C22H20N2O6/c25-20(15-5-2-1-3-6-15)18-19(14-8-10-16(11-9-14)24(28)29)23(22(27)21(18)26)13-17-7-4-12-30-17/h1-3,5-6,8-11,17,19,25H,4,7,12-13H2/b20-18+/t17-,19+/m0/s1. The van der Waals surface area contributed by atoms with Crippen molar-refractivity contribution >= 4 is 23.1 Å². The van der Waals surface area contributed by atoms with Gasteiger partial charge in [0.15, 0.2) is 0 Å². The number of aliphatic hydroxyl groups excluding tert-OH is 1. The molecule has 2 aliphatic rings. The summed E-state index contributed by atoms with van der Waals surface area (Å²) < 4.78 is 5.64. The first-order valence-electron chi connectivity index (χ1n) is 9.67. The lowest BCUT2D eigenvalue weighted by Crippen LogP contribution is -2.36. The maximum atomic E-state index is 12.9. The Morgan fingerprint density at radius 3 is 2.43 bits per heavy atom. The van der Waals surface area contributed by atoms with Crippen LogP contribution in [0.4, 0.5) is 5.69 Å². The molecule has 1 N–H and O–H groups in total. The van der Waals surface area contributed by atoms with E-state index >= 15 is 0 Å². The quantitative estimate of drug-likeness (QED) is 0.267. The number of non-ortho nitro benzene ring substituents is 1. The van der Waals surface area contributed by atoms with Crippen molar-refractivity contribution in [2.24, 2.45) is 0 Å². The lowest BCUT2D eigenvalue weighted by atomic mass is 9.95. The molecule has 0 saturated carbocycles. The number of aliphatic hydroxyl groups is 1. The van der Waals surface area contributed by atoms with Gasteiger partial charge in [-0.15, -0.1) is 0 Å². The molecule has 0 aromatic heterocycles. The molecule has 2 fully saturated rings. The zero-order chi connectivity index (χ0) is 21.3. The number of nitro groups is 1. The Hall–Kier alpha value is -3.52. The van der Waals surface area contributed by atoms with Gasteiger partial charge in [-0.2, -0.15) is 0 Å². The predicted octanol–water partition coefficient (Wildman–Crippen LogP) is 3.20. The van der Waals surface area contributed by atoms with E-state index in [9.17, 15) is 24.8 Å². The Kier molecular flexibility index (Phi) is 5.33. The highest BCUT2D eigenvalue weighted by molar-refractivity contribution is 6.46. The second kappa shape index (κ2) is 8.08. The van der Waals surface area contributed by atoms with E-state index < -0.39 is 22.7 Å². The van der Waals surface area contributed by atoms with Crippen LogP contribution >= 0.6 is 0 Å². The highest BCUT2D eigenvalue weighted by Gasteiger charge is 2.47. The molecule has 154 valence electrons. The van der Waals surface area contributed by atoms with Crippen molar-refractivity contribution in [2.45, 2.75) is 25.0 Å². The van der Waals surface area contributed by atoms with Crippen LogP contribution in [0, 0.1) is 10.1 Å². The van der Waals surface area contributed by atoms with Crippen molar-refractivity contribution in [1.82, 2.24) is 4.90 Å². The van der Waals surface area contributed by atoms with E-state index in [4.69, 9.17) is 4.74 Å². The smallest absolute Gasteiger partial charge is 0.295 e. The van der Waals surface area contributed by atoms with E-state index in [1.807, 2.05) is 0 Å². The lowest BCUT2D eigenvalue weighted by Gasteiger charge is -2.27. The molecule has 2 heterocycles. The summed E-state index contributed by atoms with van der Waals surface area (Å²) >= 11 is 0. The van der Waals surface area contributed by atoms with E-state index in [1.54, 1.807) is 30.3 Å². The van der Waals surface area contributed by atoms with Crippen LogP contribution < -0.4 is 0 Å². The average Bonchev–Trinajstić information content (AvgIpc) is 3.36. The highest BCUT2D eigenvalue weighted by atomic mass is 16.6. The van der Waals surface area contributed by atoms with Crippen LogP contribution in [-0.2, 0) is 14.3 Å². The van der Waals surface area contributed by atoms with Crippen molar-refractivity contribution in [1.29, 1.82) is 0 Å². The lowest BCUT2D eigenvalue weighted by molar-refractivity contribution is -0.384. The minimum absolute atomic E-state index is 0.0296. The van der Waals surface area contributed by atoms with Crippen LogP contribution in [0.5, 0.6) is 0 Å². The second-order valence-corrected chi connectivity index (χ2v) is 7.30. The minimum atomic E-state index is -0.852. The van der Waals surface area contributed by atoms with Crippen LogP contribution in [0.25, 0.3) is 5.76 Å². The largest absolute Gasteiger partial charge is 0.507 e. The fourth-order valence-corrected chi connectivity index (χ4v) is 3.95. The fourth-order valence-electron chi connectivity index (χ4n) is 3.95. The van der Waals surface area contributed by atoms with E-state index in [0.717, 1.165) is 12.8 Å². The number of nitro benzene ring substituents is 1. The molecule has 30 heavy (non-hydrogen) atoms. The Bertz CT molecular complexity index is 1010. The summed E-state index contributed by atoms with van der Waals surface area (Å²) in [5.74, 6) is -1.77. The molecule has 0 bridgehead atoms. The Balaban J connectivity index is 1.81. The molecular weight excluding hydrogens is 388 g/mol. The number of hydrogen-bond donors (Lipinski definition) is 1. The maximum absolute atomic E-state index is 12.9. The van der Waals surface area contributed by atoms with E-state index in [0.29, 0.717) is 17.7 Å². The summed E-state index contributed by atoms with van der Waals surface area (Å²) in [7, 11) is 0. The first kappa shape index (κ1) is 19.8. The van der Waals surface area contributed by atoms with Crippen LogP contribution in [-0.4, -0.2) is 45.9 Å². The van der Waals surface area contributed by atoms with Crippen LogP contribution in [0.1, 0.15) is 30.0 Å². The molecule has 0 radical (unpaired) electrons. The maximum Gasteiger partial charge on any atom is 0.295 e. The highest BCUT2D eigenvalue weighted by Crippen LogP contribution is 2.40. The second-order valence-electron chi connectivity index (χ2n) is 7.30. The van der Waals surface area contributed by atoms with Crippen molar-refractivity contribution in [2.75, 3.05) is 13.2 Å². The molecular formula is C22H20N2O6. The zero-order valence-electron chi connectivity index (χ0n) is 16.1. The number of ether oxygens (including phenoxy) is 1. The van der Waals surface area contributed by atoms with Gasteiger partial charge in [0, 0.05) is 30.8 Å². The van der Waals surface area contributed by atoms with Crippen LogP contribution in [0.15, 0.2) is 60.2 Å². The topological polar surface area (TPSA) is 110 Å². The third kappa shape index (κ3) is 3.57. The molecule has 1 amide bonds. The zero-order valence-corrected chi connectivity index (χ0v) is 16.1. The van der Waals surface area contributed by atoms with Crippen LogP contribution in [0.3, 0.4) is 0 Å². The summed E-state index contributed by atoms with van der Waals surface area (Å²) in [5.41, 5.74) is 0.797. The SMILES string of the molecule is O=C1C(=O)N(C[C@@H]2CCCO2)[C@H](c2ccc([N+](=O)[O-])cc2)/C1=C(\O)c1ccccc1. The normalized spacial score (nSPS) is 23.1. The number of rotatable bonds is 5. The van der Waals surface area contributed by atoms with Gasteiger partial charge >= 0.3 is 0 Å². The summed E-state index contributed by atoms with van der Waals surface area (Å²) in [6, 6.07) is 13.3. The molecule has 2 saturated heterocycles. The third-order valence-corrected chi connectivity index (χ3v) is 5.43. The van der Waals surface area contributed by atoms with Crippen molar-refractivity contribution in [3.63, 3.8) is 0 Å². The number of likely N-dealkylation sites (tertiary alicyclic amines) is 1. The Morgan fingerprint density at radius 2 is 1.83 bits per heavy atom. The summed E-state index contributed by atoms with van der Waals surface area (Å²) in [6.45, 7) is 0.804. The predicted molar refractivity (Wildman–Crippen MR) is 108 cm³/mol. The van der Waals surface area contributed by atoms with Gasteiger partial charge in [-0.05, 0) is 30.5 Å². The number of nitrogens with zero attached hydrogens (tertiary/aromatic N) is 2. The van der Waals surface area contributed by atoms with Crippen molar-refractivity contribution in [3.05, 3.63) is 81.4 Å². The molecule has 0 aliphatic carbocycles. The van der Waals surface area contributed by atoms with Crippen molar-refractivity contribution < 1.29 is 24.4 Å². The number of carbonyl (C=O) groups is 2. The third-order valence-electron chi connectivity index (χ3n) is 5.43. The molecule has 0 spiro atoms. The first-order chi connectivity index (χ1) is 14.5. The number of benzene rings is 2. The van der Waals surface area contributed by atoms with Gasteiger partial charge in [0.2, 0.25) is 0 Å². The summed E-state index contributed by atoms with van der Waals surface area (Å²) in [6.07, 6.45) is 1.45. The number of ketones is 1. The first-order valence-corrected chi connectivity index (χ1v) is 9.67. The van der Waals surface area contributed by atoms with Gasteiger partial charge < -0.3 is 14.7 Å². The molecule has 2 aliphatic heterocycles. The minimum Gasteiger partial charge on any atom is -0.507 e. The van der Waals surface area contributed by atoms with Gasteiger partial charge in [-0.3, -0.25) is 19.7 Å². The Labute approximate surface area is 172 Å². The fraction of sp³-hybridized carbons (Fsp3) is 0.273. The monoisotopic (exact) mass is 408 g/mol. The Morgan fingerprint density at radius 1 is 1.13 bits per heavy atom. The number of amides is 1. The summed E-state index contributed by atoms with van der Waals surface area (Å²) in [5, 5.41) is 21.9. The van der Waals surface area contributed by atoms with Gasteiger partial charge in [0.05, 0.1) is 22.6 Å². The molecule has 0 unspecified atom stereocenters. The molecule has 2 atom stereocenters.